The third-order valence-corrected chi connectivity index (χ3v) is 4.62. The monoisotopic (exact) mass is 333 g/mol. The summed E-state index contributed by atoms with van der Waals surface area (Å²) in [5.41, 5.74) is 0. The van der Waals surface area contributed by atoms with E-state index >= 15 is 0 Å². The van der Waals surface area contributed by atoms with Gasteiger partial charge in [0.25, 0.3) is 5.91 Å². The zero-order valence-electron chi connectivity index (χ0n) is 12.5. The molecule has 3 nitrogen and oxygen atoms in total. The van der Waals surface area contributed by atoms with Gasteiger partial charge in [-0.2, -0.15) is 0 Å². The smallest absolute Gasteiger partial charge is 0.257 e. The summed E-state index contributed by atoms with van der Waals surface area (Å²) < 4.78 is 5.45. The molecule has 0 atom stereocenters. The molecule has 0 radical (unpaired) electrons. The van der Waals surface area contributed by atoms with E-state index in [1.807, 2.05) is 48.7 Å². The van der Waals surface area contributed by atoms with E-state index in [0.29, 0.717) is 12.3 Å². The number of amides is 1. The predicted octanol–water partition coefficient (Wildman–Crippen LogP) is 3.70. The Morgan fingerprint density at radius 2 is 1.77 bits per heavy atom. The largest absolute Gasteiger partial charge is 0.484 e. The van der Waals surface area contributed by atoms with E-state index in [4.69, 9.17) is 4.74 Å². The number of nitrogens with one attached hydrogen (secondary N) is 1. The second kappa shape index (κ2) is 9.43. The lowest BCUT2D eigenvalue weighted by Crippen LogP contribution is -2.30. The Hall–Kier alpha value is -1.59. The highest BCUT2D eigenvalue weighted by atomic mass is 32.2. The fourth-order valence-corrected chi connectivity index (χ4v) is 2.95. The van der Waals surface area contributed by atoms with Gasteiger partial charge in [0, 0.05) is 22.1 Å². The van der Waals surface area contributed by atoms with E-state index in [-0.39, 0.29) is 12.5 Å². The fourth-order valence-electron chi connectivity index (χ4n) is 1.75. The van der Waals surface area contributed by atoms with Crippen LogP contribution >= 0.6 is 23.5 Å². The first kappa shape index (κ1) is 16.8. The van der Waals surface area contributed by atoms with Gasteiger partial charge in [-0.25, -0.2) is 0 Å². The molecule has 1 N–H and O–H groups in total. The number of rotatable bonds is 8. The van der Waals surface area contributed by atoms with Crippen LogP contribution in [0.4, 0.5) is 0 Å². The number of benzene rings is 2. The summed E-state index contributed by atoms with van der Waals surface area (Å²) >= 11 is 3.40. The molecule has 2 rings (SSSR count). The van der Waals surface area contributed by atoms with Crippen LogP contribution in [0.3, 0.4) is 0 Å². The molecule has 0 aliphatic carbocycles. The highest BCUT2D eigenvalue weighted by Gasteiger charge is 2.02. The number of carbonyl (C=O) groups excluding carboxylic acids is 1. The van der Waals surface area contributed by atoms with Crippen LogP contribution in [0.2, 0.25) is 0 Å². The molecule has 2 aromatic carbocycles. The van der Waals surface area contributed by atoms with Crippen molar-refractivity contribution in [1.82, 2.24) is 5.32 Å². The van der Waals surface area contributed by atoms with Crippen molar-refractivity contribution in [3.05, 3.63) is 54.6 Å². The van der Waals surface area contributed by atoms with Gasteiger partial charge >= 0.3 is 0 Å². The average Bonchev–Trinajstić information content (AvgIpc) is 2.58. The van der Waals surface area contributed by atoms with Crippen molar-refractivity contribution < 1.29 is 9.53 Å². The predicted molar refractivity (Wildman–Crippen MR) is 93.9 cm³/mol. The van der Waals surface area contributed by atoms with Crippen molar-refractivity contribution >= 4 is 29.4 Å². The van der Waals surface area contributed by atoms with Crippen LogP contribution in [-0.2, 0) is 4.79 Å². The lowest BCUT2D eigenvalue weighted by Gasteiger charge is -2.08. The first-order valence-electron chi connectivity index (χ1n) is 6.99. The number of hydrogen-bond acceptors (Lipinski definition) is 4. The van der Waals surface area contributed by atoms with Crippen molar-refractivity contribution in [3.63, 3.8) is 0 Å². The van der Waals surface area contributed by atoms with Gasteiger partial charge in [-0.1, -0.05) is 18.2 Å². The van der Waals surface area contributed by atoms with Gasteiger partial charge in [0.05, 0.1) is 0 Å². The molecular formula is C17H19NO2S2. The summed E-state index contributed by atoms with van der Waals surface area (Å²) in [6.07, 6.45) is 2.02. The summed E-state index contributed by atoms with van der Waals surface area (Å²) in [5.74, 6) is 1.47. The molecule has 0 spiro atoms. The molecule has 0 saturated heterocycles. The van der Waals surface area contributed by atoms with Crippen molar-refractivity contribution in [3.8, 4) is 5.75 Å². The maximum Gasteiger partial charge on any atom is 0.257 e. The second-order valence-corrected chi connectivity index (χ2v) is 6.52. The quantitative estimate of drug-likeness (QED) is 0.590. The third kappa shape index (κ3) is 6.03. The summed E-state index contributed by atoms with van der Waals surface area (Å²) in [7, 11) is 0. The van der Waals surface area contributed by atoms with Crippen molar-refractivity contribution in [1.29, 1.82) is 0 Å². The molecule has 116 valence electrons. The minimum absolute atomic E-state index is 0.0502. The van der Waals surface area contributed by atoms with Crippen molar-refractivity contribution in [2.24, 2.45) is 0 Å². The molecule has 0 heterocycles. The van der Waals surface area contributed by atoms with E-state index in [1.165, 1.54) is 9.79 Å². The van der Waals surface area contributed by atoms with Gasteiger partial charge in [0.2, 0.25) is 0 Å². The van der Waals surface area contributed by atoms with E-state index in [2.05, 4.69) is 17.4 Å². The highest BCUT2D eigenvalue weighted by molar-refractivity contribution is 7.99. The van der Waals surface area contributed by atoms with E-state index in [1.54, 1.807) is 23.5 Å². The molecule has 0 fully saturated rings. The second-order valence-electron chi connectivity index (χ2n) is 4.48. The standard InChI is InChI=1S/C17H19NO2S2/c1-21-15-9-7-14(8-10-15)20-13-17(19)18-11-12-22-16-5-3-2-4-6-16/h2-10H,11-13H2,1H3,(H,18,19). The summed E-state index contributed by atoms with van der Waals surface area (Å²) in [5, 5.41) is 2.86. The van der Waals surface area contributed by atoms with Crippen molar-refractivity contribution in [2.45, 2.75) is 9.79 Å². The first-order valence-corrected chi connectivity index (χ1v) is 9.20. The van der Waals surface area contributed by atoms with Gasteiger partial charge in [-0.3, -0.25) is 4.79 Å². The number of ether oxygens (including phenoxy) is 1. The fraction of sp³-hybridized carbons (Fsp3) is 0.235. The minimum atomic E-state index is -0.0948. The minimum Gasteiger partial charge on any atom is -0.484 e. The molecular weight excluding hydrogens is 314 g/mol. The average molecular weight is 333 g/mol. The summed E-state index contributed by atoms with van der Waals surface area (Å²) in [4.78, 5) is 14.1. The van der Waals surface area contributed by atoms with Gasteiger partial charge in [-0.05, 0) is 42.7 Å². The van der Waals surface area contributed by atoms with E-state index < -0.39 is 0 Å². The first-order chi connectivity index (χ1) is 10.8. The van der Waals surface area contributed by atoms with E-state index in [0.717, 1.165) is 5.75 Å². The van der Waals surface area contributed by atoms with Gasteiger partial charge < -0.3 is 10.1 Å². The SMILES string of the molecule is CSc1ccc(OCC(=O)NCCSc2ccccc2)cc1. The Morgan fingerprint density at radius 3 is 2.45 bits per heavy atom. The van der Waals surface area contributed by atoms with Gasteiger partial charge in [0.1, 0.15) is 5.75 Å². The van der Waals surface area contributed by atoms with Gasteiger partial charge in [0.15, 0.2) is 6.61 Å². The topological polar surface area (TPSA) is 38.3 Å². The number of hydrogen-bond donors (Lipinski definition) is 1. The Bertz CT molecular complexity index is 573. The molecule has 0 aliphatic heterocycles. The van der Waals surface area contributed by atoms with Crippen LogP contribution in [0.1, 0.15) is 0 Å². The molecule has 5 heteroatoms. The maximum atomic E-state index is 11.7. The van der Waals surface area contributed by atoms with Crippen LogP contribution < -0.4 is 10.1 Å². The molecule has 0 saturated carbocycles. The number of thioether (sulfide) groups is 2. The zero-order chi connectivity index (χ0) is 15.6. The lowest BCUT2D eigenvalue weighted by atomic mass is 10.3. The van der Waals surface area contributed by atoms with Gasteiger partial charge in [-0.15, -0.1) is 23.5 Å². The summed E-state index contributed by atoms with van der Waals surface area (Å²) in [6, 6.07) is 17.9. The molecule has 22 heavy (non-hydrogen) atoms. The number of carbonyl (C=O) groups is 1. The zero-order valence-corrected chi connectivity index (χ0v) is 14.1. The molecule has 0 unspecified atom stereocenters. The van der Waals surface area contributed by atoms with Crippen LogP contribution in [-0.4, -0.2) is 31.1 Å². The van der Waals surface area contributed by atoms with E-state index in [9.17, 15) is 4.79 Å². The Morgan fingerprint density at radius 1 is 1.05 bits per heavy atom. The molecule has 2 aromatic rings. The highest BCUT2D eigenvalue weighted by Crippen LogP contribution is 2.19. The van der Waals surface area contributed by atoms with Crippen LogP contribution in [0, 0.1) is 0 Å². The third-order valence-electron chi connectivity index (χ3n) is 2.87. The normalized spacial score (nSPS) is 10.2. The van der Waals surface area contributed by atoms with Crippen molar-refractivity contribution in [2.75, 3.05) is 25.2 Å². The Kier molecular flexibility index (Phi) is 7.19. The van der Waals surface area contributed by atoms with Crippen LogP contribution in [0.25, 0.3) is 0 Å². The summed E-state index contributed by atoms with van der Waals surface area (Å²) in [6.45, 7) is 0.682. The Labute approximate surface area is 139 Å². The van der Waals surface area contributed by atoms with Crippen LogP contribution in [0.5, 0.6) is 5.75 Å². The maximum absolute atomic E-state index is 11.7. The molecule has 0 aliphatic rings. The lowest BCUT2D eigenvalue weighted by molar-refractivity contribution is -0.122. The Balaban J connectivity index is 1.61. The molecule has 1 amide bonds. The molecule has 0 bridgehead atoms. The molecule has 0 aromatic heterocycles. The van der Waals surface area contributed by atoms with Crippen LogP contribution in [0.15, 0.2) is 64.4 Å².